The number of Topliss-reactive ketones (excluding diaryl/α,β-unsaturated/α-hetero) is 1. The standard InChI is InChI=1S/C23H36O7/c1-6-7-17(19-10-16(25)11-23(29,30-19)14(5)24)22(28)18-9-15(8-12(2)3)20(26)13(4)21(18)27/h9,12,14,16-17,19,24-27,29H,6-8,10-11H2,1-5H3/t14?,16-,17?,19-,23+/m1/s1. The Hall–Kier alpha value is -1.67. The van der Waals surface area contributed by atoms with Crippen molar-refractivity contribution in [3.05, 3.63) is 22.8 Å². The number of aliphatic hydroxyl groups excluding tert-OH is 2. The number of ether oxygens (including phenoxy) is 1. The molecule has 30 heavy (non-hydrogen) atoms. The van der Waals surface area contributed by atoms with Crippen LogP contribution in [0.25, 0.3) is 0 Å². The predicted octanol–water partition coefficient (Wildman–Crippen LogP) is 2.81. The normalized spacial score (nSPS) is 26.6. The van der Waals surface area contributed by atoms with Gasteiger partial charge in [-0.2, -0.15) is 0 Å². The van der Waals surface area contributed by atoms with E-state index < -0.39 is 30.0 Å². The topological polar surface area (TPSA) is 127 Å². The van der Waals surface area contributed by atoms with Crippen molar-refractivity contribution >= 4 is 5.78 Å². The Kier molecular flexibility index (Phi) is 7.91. The number of ketones is 1. The number of hydrogen-bond donors (Lipinski definition) is 5. The van der Waals surface area contributed by atoms with Gasteiger partial charge in [-0.3, -0.25) is 4.79 Å². The Bertz CT molecular complexity index is 758. The van der Waals surface area contributed by atoms with Gasteiger partial charge >= 0.3 is 0 Å². The van der Waals surface area contributed by atoms with Crippen LogP contribution in [-0.4, -0.2) is 55.4 Å². The average Bonchev–Trinajstić information content (AvgIpc) is 2.64. The summed E-state index contributed by atoms with van der Waals surface area (Å²) in [7, 11) is 0. The number of aromatic hydroxyl groups is 2. The molecule has 1 aromatic rings. The summed E-state index contributed by atoms with van der Waals surface area (Å²) in [6, 6.07) is 1.53. The second-order valence-corrected chi connectivity index (χ2v) is 9.03. The van der Waals surface area contributed by atoms with E-state index in [1.54, 1.807) is 6.92 Å². The minimum atomic E-state index is -1.94. The van der Waals surface area contributed by atoms with Crippen molar-refractivity contribution in [3.8, 4) is 11.5 Å². The van der Waals surface area contributed by atoms with E-state index in [0.29, 0.717) is 24.8 Å². The van der Waals surface area contributed by atoms with Crippen LogP contribution < -0.4 is 0 Å². The summed E-state index contributed by atoms with van der Waals surface area (Å²) in [4.78, 5) is 13.5. The smallest absolute Gasteiger partial charge is 0.194 e. The molecule has 0 saturated carbocycles. The van der Waals surface area contributed by atoms with Crippen molar-refractivity contribution in [1.82, 2.24) is 0 Å². The van der Waals surface area contributed by atoms with E-state index >= 15 is 0 Å². The van der Waals surface area contributed by atoms with E-state index in [-0.39, 0.29) is 47.2 Å². The van der Waals surface area contributed by atoms with Crippen molar-refractivity contribution in [2.75, 3.05) is 0 Å². The largest absolute Gasteiger partial charge is 0.507 e. The molecule has 0 aromatic heterocycles. The molecule has 5 N–H and O–H groups in total. The SMILES string of the molecule is CCCC(C(=O)c1cc(CC(C)C)c(O)c(C)c1O)[C@H]1C[C@@H](O)C[C@@](O)(C(C)O)O1. The van der Waals surface area contributed by atoms with Crippen LogP contribution in [0.1, 0.15) is 74.9 Å². The van der Waals surface area contributed by atoms with Crippen LogP contribution in [0.15, 0.2) is 6.07 Å². The summed E-state index contributed by atoms with van der Waals surface area (Å²) in [5.41, 5.74) is 0.935. The lowest BCUT2D eigenvalue weighted by Gasteiger charge is -2.43. The minimum Gasteiger partial charge on any atom is -0.507 e. The van der Waals surface area contributed by atoms with Gasteiger partial charge in [-0.25, -0.2) is 0 Å². The molecule has 1 aliphatic heterocycles. The summed E-state index contributed by atoms with van der Waals surface area (Å²) >= 11 is 0. The molecule has 0 spiro atoms. The van der Waals surface area contributed by atoms with Gasteiger partial charge in [-0.15, -0.1) is 0 Å². The van der Waals surface area contributed by atoms with Crippen LogP contribution in [0.2, 0.25) is 0 Å². The highest BCUT2D eigenvalue weighted by Crippen LogP contribution is 2.39. The highest BCUT2D eigenvalue weighted by molar-refractivity contribution is 6.01. The summed E-state index contributed by atoms with van der Waals surface area (Å²) in [6.45, 7) is 8.84. The third-order valence-electron chi connectivity index (χ3n) is 5.91. The molecular weight excluding hydrogens is 388 g/mol. The number of carbonyl (C=O) groups excluding carboxylic acids is 1. The summed E-state index contributed by atoms with van der Waals surface area (Å²) < 4.78 is 5.75. The third-order valence-corrected chi connectivity index (χ3v) is 5.91. The van der Waals surface area contributed by atoms with Gasteiger partial charge in [0, 0.05) is 24.3 Å². The number of benzene rings is 1. The molecule has 1 aromatic carbocycles. The first kappa shape index (κ1) is 24.6. The Labute approximate surface area is 178 Å². The van der Waals surface area contributed by atoms with E-state index in [4.69, 9.17) is 4.74 Å². The maximum Gasteiger partial charge on any atom is 0.194 e. The molecule has 1 aliphatic rings. The number of carbonyl (C=O) groups is 1. The molecule has 2 unspecified atom stereocenters. The molecule has 0 aliphatic carbocycles. The van der Waals surface area contributed by atoms with Gasteiger partial charge in [0.25, 0.3) is 0 Å². The van der Waals surface area contributed by atoms with E-state index in [9.17, 15) is 30.3 Å². The van der Waals surface area contributed by atoms with Crippen LogP contribution in [0.5, 0.6) is 11.5 Å². The van der Waals surface area contributed by atoms with Crippen molar-refractivity contribution in [3.63, 3.8) is 0 Å². The van der Waals surface area contributed by atoms with Crippen LogP contribution in [0.4, 0.5) is 0 Å². The Balaban J connectivity index is 2.45. The van der Waals surface area contributed by atoms with E-state index in [1.165, 1.54) is 13.0 Å². The lowest BCUT2D eigenvalue weighted by Crippen LogP contribution is -2.55. The lowest BCUT2D eigenvalue weighted by molar-refractivity contribution is -0.312. The Morgan fingerprint density at radius 1 is 1.27 bits per heavy atom. The molecule has 7 nitrogen and oxygen atoms in total. The number of rotatable bonds is 8. The second-order valence-electron chi connectivity index (χ2n) is 9.03. The monoisotopic (exact) mass is 424 g/mol. The maximum atomic E-state index is 13.5. The molecule has 170 valence electrons. The Morgan fingerprint density at radius 3 is 2.43 bits per heavy atom. The molecule has 7 heteroatoms. The van der Waals surface area contributed by atoms with Crippen LogP contribution in [-0.2, 0) is 11.2 Å². The fourth-order valence-electron chi connectivity index (χ4n) is 4.21. The highest BCUT2D eigenvalue weighted by atomic mass is 16.6. The van der Waals surface area contributed by atoms with Crippen molar-refractivity contribution in [2.24, 2.45) is 11.8 Å². The zero-order valence-electron chi connectivity index (χ0n) is 18.6. The van der Waals surface area contributed by atoms with Crippen LogP contribution in [0.3, 0.4) is 0 Å². The fraction of sp³-hybridized carbons (Fsp3) is 0.696. The first-order valence-corrected chi connectivity index (χ1v) is 10.8. The van der Waals surface area contributed by atoms with Gasteiger partial charge in [-0.1, -0.05) is 27.2 Å². The zero-order chi connectivity index (χ0) is 22.8. The van der Waals surface area contributed by atoms with Gasteiger partial charge in [0.15, 0.2) is 11.6 Å². The molecule has 1 saturated heterocycles. The molecule has 0 radical (unpaired) electrons. The molecule has 1 heterocycles. The van der Waals surface area contributed by atoms with Crippen LogP contribution in [0, 0.1) is 18.8 Å². The number of phenolic OH excluding ortho intramolecular Hbond substituents is 2. The lowest BCUT2D eigenvalue weighted by atomic mass is 9.81. The zero-order valence-corrected chi connectivity index (χ0v) is 18.6. The van der Waals surface area contributed by atoms with E-state index in [0.717, 1.165) is 0 Å². The molecular formula is C23H36O7. The minimum absolute atomic E-state index is 0.0161. The highest BCUT2D eigenvalue weighted by Gasteiger charge is 2.47. The molecule has 0 amide bonds. The number of hydrogen-bond acceptors (Lipinski definition) is 7. The van der Waals surface area contributed by atoms with E-state index in [2.05, 4.69) is 0 Å². The van der Waals surface area contributed by atoms with Crippen LogP contribution >= 0.6 is 0 Å². The van der Waals surface area contributed by atoms with Gasteiger partial charge < -0.3 is 30.3 Å². The summed E-state index contributed by atoms with van der Waals surface area (Å²) in [5, 5.41) is 51.8. The first-order chi connectivity index (χ1) is 13.9. The van der Waals surface area contributed by atoms with Gasteiger partial charge in [0.1, 0.15) is 17.6 Å². The predicted molar refractivity (Wildman–Crippen MR) is 113 cm³/mol. The fourth-order valence-corrected chi connectivity index (χ4v) is 4.21. The molecule has 0 bridgehead atoms. The number of aliphatic hydroxyl groups is 3. The quantitative estimate of drug-likeness (QED) is 0.406. The first-order valence-electron chi connectivity index (χ1n) is 10.8. The molecule has 1 fully saturated rings. The molecule has 5 atom stereocenters. The third kappa shape index (κ3) is 5.14. The van der Waals surface area contributed by atoms with E-state index in [1.807, 2.05) is 20.8 Å². The number of phenols is 2. The van der Waals surface area contributed by atoms with Crippen molar-refractivity contribution in [2.45, 2.75) is 90.8 Å². The van der Waals surface area contributed by atoms with Crippen molar-refractivity contribution < 1.29 is 35.1 Å². The van der Waals surface area contributed by atoms with Gasteiger partial charge in [0.2, 0.25) is 0 Å². The Morgan fingerprint density at radius 2 is 1.90 bits per heavy atom. The maximum absolute atomic E-state index is 13.5. The van der Waals surface area contributed by atoms with Gasteiger partial charge in [-0.05, 0) is 44.2 Å². The summed E-state index contributed by atoms with van der Waals surface area (Å²) in [6.07, 6.45) is -1.37. The van der Waals surface area contributed by atoms with Gasteiger partial charge in [0.05, 0.1) is 17.8 Å². The second kappa shape index (κ2) is 9.64. The molecule has 2 rings (SSSR count). The average molecular weight is 425 g/mol. The van der Waals surface area contributed by atoms with Crippen molar-refractivity contribution in [1.29, 1.82) is 0 Å². The summed E-state index contributed by atoms with van der Waals surface area (Å²) in [5.74, 6) is -3.07.